The molecule has 3 atom stereocenters. The summed E-state index contributed by atoms with van der Waals surface area (Å²) in [6.07, 6.45) is -3.52. The van der Waals surface area contributed by atoms with Crippen molar-refractivity contribution in [2.75, 3.05) is 18.8 Å². The molecule has 0 spiro atoms. The molecular weight excluding hydrogens is 469 g/mol. The molecule has 0 amide bonds. The van der Waals surface area contributed by atoms with E-state index in [0.717, 1.165) is 37.7 Å². The first-order valence-corrected chi connectivity index (χ1v) is 11.7. The third kappa shape index (κ3) is 3.62. The molecule has 1 aliphatic heterocycles. The SMILES string of the molecule is CC(C)c1nc(-c2cc(N)cc(F)c2OC(F)(F)F)c(F)c2c1c(C1[C@H]3CNC[C@@H]13)nn2C1CC1. The Morgan fingerprint density at radius 3 is 2.43 bits per heavy atom. The van der Waals surface area contributed by atoms with Gasteiger partial charge < -0.3 is 15.8 Å². The van der Waals surface area contributed by atoms with Crippen molar-refractivity contribution < 1.29 is 26.7 Å². The maximum absolute atomic E-state index is 16.3. The second-order valence-corrected chi connectivity index (χ2v) is 10.0. The maximum Gasteiger partial charge on any atom is 0.573 e. The molecule has 6 rings (SSSR count). The third-order valence-electron chi connectivity index (χ3n) is 7.23. The Bertz CT molecular complexity index is 1340. The molecular formula is C24H24F5N5O. The molecule has 2 aliphatic carbocycles. The van der Waals surface area contributed by atoms with Crippen molar-refractivity contribution in [2.45, 2.75) is 50.9 Å². The molecule has 3 fully saturated rings. The monoisotopic (exact) mass is 493 g/mol. The van der Waals surface area contributed by atoms with Crippen molar-refractivity contribution in [1.82, 2.24) is 20.1 Å². The van der Waals surface area contributed by atoms with Gasteiger partial charge in [-0.25, -0.2) is 13.8 Å². The number of anilines is 1. The summed E-state index contributed by atoms with van der Waals surface area (Å²) in [5.74, 6) is -2.50. The number of nitrogens with one attached hydrogen (secondary N) is 1. The Balaban J connectivity index is 1.63. The molecule has 2 saturated carbocycles. The Morgan fingerprint density at radius 1 is 1.14 bits per heavy atom. The number of alkyl halides is 3. The lowest BCUT2D eigenvalue weighted by atomic mass is 9.98. The van der Waals surface area contributed by atoms with Crippen molar-refractivity contribution in [1.29, 1.82) is 0 Å². The van der Waals surface area contributed by atoms with E-state index in [0.29, 0.717) is 29.0 Å². The van der Waals surface area contributed by atoms with Gasteiger partial charge in [0.15, 0.2) is 17.4 Å². The van der Waals surface area contributed by atoms with Gasteiger partial charge in [-0.2, -0.15) is 5.10 Å². The van der Waals surface area contributed by atoms with Crippen LogP contribution in [0.4, 0.5) is 27.6 Å². The second-order valence-electron chi connectivity index (χ2n) is 10.0. The summed E-state index contributed by atoms with van der Waals surface area (Å²) >= 11 is 0. The van der Waals surface area contributed by atoms with Crippen LogP contribution in [0.2, 0.25) is 0 Å². The zero-order chi connectivity index (χ0) is 24.8. The quantitative estimate of drug-likeness (QED) is 0.375. The number of rotatable bonds is 5. The van der Waals surface area contributed by atoms with Crippen molar-refractivity contribution in [3.05, 3.63) is 35.2 Å². The normalized spacial score (nSPS) is 23.8. The predicted molar refractivity (Wildman–Crippen MR) is 119 cm³/mol. The number of halogens is 5. The van der Waals surface area contributed by atoms with Gasteiger partial charge in [-0.3, -0.25) is 4.68 Å². The number of fused-ring (bicyclic) bond motifs is 2. The number of hydrogen-bond acceptors (Lipinski definition) is 5. The molecule has 0 radical (unpaired) electrons. The van der Waals surface area contributed by atoms with Gasteiger partial charge in [0.2, 0.25) is 0 Å². The topological polar surface area (TPSA) is 78.0 Å². The van der Waals surface area contributed by atoms with E-state index < -0.39 is 35.0 Å². The molecule has 1 saturated heterocycles. The average molecular weight is 493 g/mol. The Labute approximate surface area is 197 Å². The van der Waals surface area contributed by atoms with Gasteiger partial charge in [-0.15, -0.1) is 13.2 Å². The molecule has 186 valence electrons. The summed E-state index contributed by atoms with van der Waals surface area (Å²) in [6, 6.07) is 1.77. The minimum atomic E-state index is -5.19. The fourth-order valence-corrected chi connectivity index (χ4v) is 5.50. The highest BCUT2D eigenvalue weighted by molar-refractivity contribution is 5.91. The Kier molecular flexibility index (Phi) is 4.84. The van der Waals surface area contributed by atoms with Crippen molar-refractivity contribution in [2.24, 2.45) is 11.8 Å². The first-order chi connectivity index (χ1) is 16.5. The lowest BCUT2D eigenvalue weighted by molar-refractivity contribution is -0.275. The molecule has 1 aromatic carbocycles. The lowest BCUT2D eigenvalue weighted by Crippen LogP contribution is -2.19. The first-order valence-electron chi connectivity index (χ1n) is 11.7. The van der Waals surface area contributed by atoms with Crippen molar-refractivity contribution >= 4 is 16.6 Å². The van der Waals surface area contributed by atoms with Crippen LogP contribution < -0.4 is 15.8 Å². The van der Waals surface area contributed by atoms with Crippen LogP contribution in [0.5, 0.6) is 5.75 Å². The zero-order valence-corrected chi connectivity index (χ0v) is 19.1. The van der Waals surface area contributed by atoms with Crippen molar-refractivity contribution in [3.8, 4) is 17.0 Å². The number of benzene rings is 1. The minimum absolute atomic E-state index is 0.0104. The summed E-state index contributed by atoms with van der Waals surface area (Å²) < 4.78 is 75.9. The van der Waals surface area contributed by atoms with Gasteiger partial charge in [-0.1, -0.05) is 13.8 Å². The van der Waals surface area contributed by atoms with E-state index in [2.05, 4.69) is 15.0 Å². The van der Waals surface area contributed by atoms with Gasteiger partial charge >= 0.3 is 6.36 Å². The van der Waals surface area contributed by atoms with Gasteiger partial charge in [0.1, 0.15) is 11.2 Å². The third-order valence-corrected chi connectivity index (χ3v) is 7.23. The highest BCUT2D eigenvalue weighted by Crippen LogP contribution is 2.58. The number of hydrogen-bond donors (Lipinski definition) is 2. The molecule has 6 nitrogen and oxygen atoms in total. The predicted octanol–water partition coefficient (Wildman–Crippen LogP) is 5.25. The second kappa shape index (κ2) is 7.52. The molecule has 3 heterocycles. The Hall–Kier alpha value is -2.95. The molecule has 3 aliphatic rings. The van der Waals surface area contributed by atoms with Crippen LogP contribution in [-0.4, -0.2) is 34.2 Å². The molecule has 3 N–H and O–H groups in total. The number of aromatic nitrogens is 3. The summed E-state index contributed by atoms with van der Waals surface area (Å²) in [5, 5.41) is 8.82. The average Bonchev–Trinajstić information content (AvgIpc) is 3.64. The number of pyridine rings is 1. The fourth-order valence-electron chi connectivity index (χ4n) is 5.50. The van der Waals surface area contributed by atoms with Gasteiger partial charge in [0, 0.05) is 23.1 Å². The van der Waals surface area contributed by atoms with Crippen LogP contribution in [0, 0.1) is 23.5 Å². The van der Waals surface area contributed by atoms with Gasteiger partial charge in [-0.05, 0) is 49.8 Å². The summed E-state index contributed by atoms with van der Waals surface area (Å²) in [6.45, 7) is 5.51. The van der Waals surface area contributed by atoms with E-state index in [1.807, 2.05) is 13.8 Å². The lowest BCUT2D eigenvalue weighted by Gasteiger charge is -2.17. The largest absolute Gasteiger partial charge is 0.573 e. The maximum atomic E-state index is 16.3. The number of piperidine rings is 1. The fraction of sp³-hybridized carbons (Fsp3) is 0.500. The number of nitrogens with zero attached hydrogens (tertiary/aromatic N) is 3. The van der Waals surface area contributed by atoms with E-state index in [1.54, 1.807) is 4.68 Å². The first kappa shape index (κ1) is 22.5. The van der Waals surface area contributed by atoms with Crippen molar-refractivity contribution in [3.63, 3.8) is 0 Å². The Morgan fingerprint density at radius 2 is 1.83 bits per heavy atom. The van der Waals surface area contributed by atoms with Gasteiger partial charge in [0.25, 0.3) is 0 Å². The highest BCUT2D eigenvalue weighted by Gasteiger charge is 2.56. The minimum Gasteiger partial charge on any atom is -0.402 e. The zero-order valence-electron chi connectivity index (χ0n) is 19.1. The van der Waals surface area contributed by atoms with E-state index >= 15 is 4.39 Å². The van der Waals surface area contributed by atoms with Crippen LogP contribution in [0.15, 0.2) is 12.1 Å². The van der Waals surface area contributed by atoms with Crippen LogP contribution >= 0.6 is 0 Å². The van der Waals surface area contributed by atoms with Crippen LogP contribution in [0.3, 0.4) is 0 Å². The number of nitrogens with two attached hydrogens (primary N) is 1. The van der Waals surface area contributed by atoms with Crippen LogP contribution in [0.1, 0.15) is 56.0 Å². The van der Waals surface area contributed by atoms with E-state index in [9.17, 15) is 17.6 Å². The molecule has 3 aromatic rings. The summed E-state index contributed by atoms with van der Waals surface area (Å²) in [7, 11) is 0. The molecule has 2 aromatic heterocycles. The number of ether oxygens (including phenoxy) is 1. The number of nitrogen functional groups attached to an aromatic ring is 1. The molecule has 1 unspecified atom stereocenters. The van der Waals surface area contributed by atoms with Crippen LogP contribution in [-0.2, 0) is 0 Å². The van der Waals surface area contributed by atoms with E-state index in [4.69, 9.17) is 10.8 Å². The van der Waals surface area contributed by atoms with E-state index in [-0.39, 0.29) is 29.1 Å². The standard InChI is InChI=1S/C24H24F5N5O/c1-9(2)19-17-21(16-13-7-31-8-14(13)16)33-34(11-3-4-11)22(17)18(26)20(32-19)12-5-10(30)6-15(25)23(12)35-24(27,28)29/h5-6,9,11,13-14,16,31H,3-4,7-8,30H2,1-2H3/t13-,14+,16?. The summed E-state index contributed by atoms with van der Waals surface area (Å²) in [4.78, 5) is 4.49. The van der Waals surface area contributed by atoms with E-state index in [1.165, 1.54) is 0 Å². The smallest absolute Gasteiger partial charge is 0.402 e. The molecule has 11 heteroatoms. The van der Waals surface area contributed by atoms with Crippen LogP contribution in [0.25, 0.3) is 22.2 Å². The summed E-state index contributed by atoms with van der Waals surface area (Å²) in [5.41, 5.74) is 6.16. The van der Waals surface area contributed by atoms with Gasteiger partial charge in [0.05, 0.1) is 23.0 Å². The molecule has 35 heavy (non-hydrogen) atoms. The molecule has 0 bridgehead atoms. The highest BCUT2D eigenvalue weighted by atomic mass is 19.4.